The average Bonchev–Trinajstić information content (AvgIpc) is 2.04. The molecule has 1 rings (SSSR count). The minimum atomic E-state index is 0.575. The van der Waals surface area contributed by atoms with E-state index in [1.807, 2.05) is 0 Å². The lowest BCUT2D eigenvalue weighted by Gasteiger charge is -1.96. The third kappa shape index (κ3) is 2.83. The van der Waals surface area contributed by atoms with Gasteiger partial charge in [-0.1, -0.05) is 0 Å². The van der Waals surface area contributed by atoms with Crippen molar-refractivity contribution in [1.29, 1.82) is 0 Å². The van der Waals surface area contributed by atoms with Crippen molar-refractivity contribution in [2.75, 3.05) is 5.73 Å². The van der Waals surface area contributed by atoms with E-state index in [1.54, 1.807) is 24.3 Å². The third-order valence-electron chi connectivity index (χ3n) is 1.07. The first-order valence-electron chi connectivity index (χ1n) is 2.95. The molecule has 0 heterocycles. The van der Waals surface area contributed by atoms with Gasteiger partial charge in [-0.25, -0.2) is 4.52 Å². The molecular weight excluding hydrogens is 178 g/mol. The summed E-state index contributed by atoms with van der Waals surface area (Å²) >= 11 is 0. The van der Waals surface area contributed by atoms with E-state index in [9.17, 15) is 0 Å². The highest BCUT2D eigenvalue weighted by molar-refractivity contribution is 7.31. The Morgan fingerprint density at radius 2 is 2.00 bits per heavy atom. The van der Waals surface area contributed by atoms with E-state index in [4.69, 9.17) is 10.3 Å². The molecule has 1 atom stereocenters. The van der Waals surface area contributed by atoms with Crippen LogP contribution in [0.1, 0.15) is 0 Å². The van der Waals surface area contributed by atoms with Gasteiger partial charge in [-0.2, -0.15) is 0 Å². The Morgan fingerprint density at radius 3 is 2.55 bits per heavy atom. The lowest BCUT2D eigenvalue weighted by Crippen LogP contribution is -1.82. The van der Waals surface area contributed by atoms with Gasteiger partial charge in [0, 0.05) is 5.69 Å². The highest BCUT2D eigenvalue weighted by Gasteiger charge is 1.89. The van der Waals surface area contributed by atoms with E-state index in [1.165, 1.54) is 0 Å². The van der Waals surface area contributed by atoms with Gasteiger partial charge >= 0.3 is 0 Å². The van der Waals surface area contributed by atoms with Gasteiger partial charge in [0.15, 0.2) is 0 Å². The molecule has 58 valence electrons. The third-order valence-corrected chi connectivity index (χ3v) is 1.74. The zero-order chi connectivity index (χ0) is 8.10. The molecule has 0 aliphatic rings. The number of nitrogens with zero attached hydrogens (tertiary/aromatic N) is 1. The number of rotatable bonds is 2. The lowest BCUT2D eigenvalue weighted by atomic mass is 10.3. The Kier molecular flexibility index (Phi) is 3.28. The highest BCUT2D eigenvalue weighted by Crippen LogP contribution is 2.18. The van der Waals surface area contributed by atoms with Crippen molar-refractivity contribution in [3.63, 3.8) is 0 Å². The van der Waals surface area contributed by atoms with Crippen LogP contribution in [-0.4, -0.2) is 0 Å². The molecule has 2 N–H and O–H groups in total. The minimum absolute atomic E-state index is 0.575. The van der Waals surface area contributed by atoms with Crippen LogP contribution in [0.4, 0.5) is 5.69 Å². The number of nitrogens with two attached hydrogens (primary N) is 1. The first-order valence-corrected chi connectivity index (χ1v) is 4.24. The Bertz CT molecular complexity index is 247. The van der Waals surface area contributed by atoms with Crippen LogP contribution in [-0.2, 0) is 0 Å². The van der Waals surface area contributed by atoms with Crippen LogP contribution >= 0.6 is 18.0 Å². The summed E-state index contributed by atoms with van der Waals surface area (Å²) in [6.45, 7) is 0. The molecule has 3 nitrogen and oxygen atoms in total. The maximum atomic E-state index is 5.47. The van der Waals surface area contributed by atoms with Gasteiger partial charge in [-0.3, -0.25) is 0 Å². The Morgan fingerprint density at radius 1 is 1.36 bits per heavy atom. The Balaban J connectivity index is 2.66. The molecule has 11 heavy (non-hydrogen) atoms. The summed E-state index contributed by atoms with van der Waals surface area (Å²) in [6.07, 6.45) is 0. The van der Waals surface area contributed by atoms with Crippen LogP contribution in [0.3, 0.4) is 0 Å². The van der Waals surface area contributed by atoms with Gasteiger partial charge in [-0.05, 0) is 33.7 Å². The molecule has 1 aromatic carbocycles. The highest BCUT2D eigenvalue weighted by atomic mass is 31.1. The van der Waals surface area contributed by atoms with Crippen LogP contribution in [0, 0.1) is 0 Å². The molecule has 0 aliphatic heterocycles. The summed E-state index contributed by atoms with van der Waals surface area (Å²) in [5, 5.41) is 0. The second kappa shape index (κ2) is 4.27. The summed E-state index contributed by atoms with van der Waals surface area (Å²) in [6, 6.07) is 7.18. The molecule has 1 unspecified atom stereocenters. The summed E-state index contributed by atoms with van der Waals surface area (Å²) in [5.74, 6) is 0.770. The maximum Gasteiger partial charge on any atom is 0.245 e. The molecule has 0 fully saturated rings. The van der Waals surface area contributed by atoms with Crippen LogP contribution in [0.15, 0.2) is 28.8 Å². The number of hydrogen-bond acceptors (Lipinski definition) is 3. The fourth-order valence-electron chi connectivity index (χ4n) is 0.599. The average molecular weight is 186 g/mol. The second-order valence-electron chi connectivity index (χ2n) is 1.86. The van der Waals surface area contributed by atoms with Gasteiger partial charge in [0.1, 0.15) is 5.75 Å². The molecule has 0 aliphatic carbocycles. The number of anilines is 1. The van der Waals surface area contributed by atoms with Crippen LogP contribution in [0.5, 0.6) is 5.75 Å². The molecule has 0 saturated heterocycles. The van der Waals surface area contributed by atoms with Crippen LogP contribution < -0.4 is 10.3 Å². The fourth-order valence-corrected chi connectivity index (χ4v) is 1.00. The molecule has 1 aromatic rings. The molecule has 0 saturated carbocycles. The van der Waals surface area contributed by atoms with E-state index in [0.29, 0.717) is 8.60 Å². The zero-order valence-electron chi connectivity index (χ0n) is 5.77. The number of benzene rings is 1. The second-order valence-corrected chi connectivity index (χ2v) is 3.13. The molecule has 0 radical (unpaired) electrons. The van der Waals surface area contributed by atoms with Crippen LogP contribution in [0.2, 0.25) is 0 Å². The van der Waals surface area contributed by atoms with E-state index >= 15 is 0 Å². The molecule has 0 spiro atoms. The molecular formula is C6H8N2OP2. The van der Waals surface area contributed by atoms with Crippen molar-refractivity contribution >= 4 is 23.7 Å². The summed E-state index contributed by atoms with van der Waals surface area (Å²) < 4.78 is 8.83. The predicted molar refractivity (Wildman–Crippen MR) is 50.5 cm³/mol. The number of hydrogen-bond donors (Lipinski definition) is 1. The van der Waals surface area contributed by atoms with Crippen molar-refractivity contribution in [3.8, 4) is 5.75 Å². The molecule has 0 amide bonds. The van der Waals surface area contributed by atoms with Crippen molar-refractivity contribution in [3.05, 3.63) is 24.3 Å². The van der Waals surface area contributed by atoms with Gasteiger partial charge in [0.05, 0.1) is 0 Å². The zero-order valence-corrected chi connectivity index (χ0v) is 7.82. The first-order chi connectivity index (χ1) is 5.33. The maximum absolute atomic E-state index is 5.47. The van der Waals surface area contributed by atoms with Crippen molar-refractivity contribution in [2.45, 2.75) is 0 Å². The van der Waals surface area contributed by atoms with Gasteiger partial charge in [0.25, 0.3) is 0 Å². The first kappa shape index (κ1) is 8.45. The van der Waals surface area contributed by atoms with Gasteiger partial charge < -0.3 is 10.3 Å². The predicted octanol–water partition coefficient (Wildman–Crippen LogP) is 2.48. The van der Waals surface area contributed by atoms with E-state index in [0.717, 1.165) is 11.4 Å². The van der Waals surface area contributed by atoms with Crippen molar-refractivity contribution < 1.29 is 4.52 Å². The Labute approximate surface area is 69.2 Å². The Hall–Kier alpha value is -0.650. The van der Waals surface area contributed by atoms with E-state index < -0.39 is 0 Å². The minimum Gasteiger partial charge on any atom is -0.423 e. The standard InChI is InChI=1S/C6H8N2OP2/c7-5-1-3-6(4-2-5)9-11-8-10/h1-4H,7,10H2. The molecule has 0 aromatic heterocycles. The van der Waals surface area contributed by atoms with Crippen LogP contribution in [0.25, 0.3) is 0 Å². The summed E-state index contributed by atoms with van der Waals surface area (Å²) in [7, 11) is 2.80. The monoisotopic (exact) mass is 186 g/mol. The summed E-state index contributed by atoms with van der Waals surface area (Å²) in [4.78, 5) is 0. The van der Waals surface area contributed by atoms with Crippen molar-refractivity contribution in [2.24, 2.45) is 4.52 Å². The molecule has 0 bridgehead atoms. The molecule has 5 heteroatoms. The topological polar surface area (TPSA) is 47.6 Å². The summed E-state index contributed by atoms with van der Waals surface area (Å²) in [5.41, 5.74) is 6.20. The van der Waals surface area contributed by atoms with E-state index in [2.05, 4.69) is 13.9 Å². The normalized spacial score (nSPS) is 10.3. The van der Waals surface area contributed by atoms with Gasteiger partial charge in [-0.15, -0.1) is 0 Å². The quantitative estimate of drug-likeness (QED) is 0.569. The number of nitrogen functional groups attached to an aromatic ring is 1. The van der Waals surface area contributed by atoms with E-state index in [-0.39, 0.29) is 0 Å². The fraction of sp³-hybridized carbons (Fsp3) is 0. The smallest absolute Gasteiger partial charge is 0.245 e. The largest absolute Gasteiger partial charge is 0.423 e. The van der Waals surface area contributed by atoms with Gasteiger partial charge in [0.2, 0.25) is 8.60 Å². The SMILES string of the molecule is Nc1ccc(OP=NP)cc1. The van der Waals surface area contributed by atoms with Crippen molar-refractivity contribution in [1.82, 2.24) is 0 Å². The lowest BCUT2D eigenvalue weighted by molar-refractivity contribution is 0.639.